The molecule has 0 aromatic carbocycles. The zero-order valence-corrected chi connectivity index (χ0v) is 14.6. The Balaban J connectivity index is 1.39. The van der Waals surface area contributed by atoms with E-state index in [1.54, 1.807) is 0 Å². The van der Waals surface area contributed by atoms with Crippen molar-refractivity contribution in [2.45, 2.75) is 38.3 Å². The maximum absolute atomic E-state index is 6.23. The van der Waals surface area contributed by atoms with Gasteiger partial charge in [-0.05, 0) is 31.7 Å². The van der Waals surface area contributed by atoms with Gasteiger partial charge in [0, 0.05) is 63.7 Å². The fourth-order valence-electron chi connectivity index (χ4n) is 4.19. The number of aromatic nitrogens is 2. The van der Waals surface area contributed by atoms with E-state index in [2.05, 4.69) is 19.8 Å². The maximum atomic E-state index is 6.23. The van der Waals surface area contributed by atoms with Gasteiger partial charge in [-0.2, -0.15) is 0 Å². The molecule has 3 saturated heterocycles. The molecule has 132 valence electrons. The van der Waals surface area contributed by atoms with Crippen LogP contribution in [-0.2, 0) is 9.47 Å². The van der Waals surface area contributed by atoms with Gasteiger partial charge < -0.3 is 14.4 Å². The largest absolute Gasteiger partial charge is 0.381 e. The molecule has 0 spiro atoms. The highest BCUT2D eigenvalue weighted by Crippen LogP contribution is 2.28. The lowest BCUT2D eigenvalue weighted by molar-refractivity contribution is 0.0249. The van der Waals surface area contributed by atoms with Gasteiger partial charge in [-0.15, -0.1) is 0 Å². The first-order valence-electron chi connectivity index (χ1n) is 9.26. The van der Waals surface area contributed by atoms with Crippen molar-refractivity contribution in [3.63, 3.8) is 0 Å². The van der Waals surface area contributed by atoms with Crippen LogP contribution < -0.4 is 4.90 Å². The summed E-state index contributed by atoms with van der Waals surface area (Å²) >= 11 is 0. The Hall–Kier alpha value is -1.24. The van der Waals surface area contributed by atoms with Gasteiger partial charge in [-0.1, -0.05) is 0 Å². The first-order valence-corrected chi connectivity index (χ1v) is 9.26. The Labute approximate surface area is 144 Å². The molecule has 1 aromatic rings. The molecule has 0 radical (unpaired) electrons. The average molecular weight is 332 g/mol. The second-order valence-electron chi connectivity index (χ2n) is 7.30. The number of anilines is 1. The van der Waals surface area contributed by atoms with Gasteiger partial charge in [0.25, 0.3) is 0 Å². The first-order chi connectivity index (χ1) is 11.8. The van der Waals surface area contributed by atoms with Crippen molar-refractivity contribution < 1.29 is 9.47 Å². The van der Waals surface area contributed by atoms with Gasteiger partial charge in [-0.3, -0.25) is 4.90 Å². The van der Waals surface area contributed by atoms with Crippen LogP contribution in [0.4, 0.5) is 5.95 Å². The average Bonchev–Trinajstić information content (AvgIpc) is 2.85. The van der Waals surface area contributed by atoms with Crippen molar-refractivity contribution in [3.05, 3.63) is 18.0 Å². The number of nitrogens with zero attached hydrogens (tertiary/aromatic N) is 4. The summed E-state index contributed by atoms with van der Waals surface area (Å²) < 4.78 is 11.8. The van der Waals surface area contributed by atoms with Gasteiger partial charge in [0.1, 0.15) is 0 Å². The van der Waals surface area contributed by atoms with Crippen LogP contribution in [0.1, 0.15) is 24.8 Å². The molecule has 24 heavy (non-hydrogen) atoms. The van der Waals surface area contributed by atoms with E-state index in [0.717, 1.165) is 63.9 Å². The Morgan fingerprint density at radius 1 is 1.00 bits per heavy atom. The Morgan fingerprint density at radius 2 is 1.79 bits per heavy atom. The highest BCUT2D eigenvalue weighted by Gasteiger charge is 2.36. The van der Waals surface area contributed by atoms with E-state index in [0.29, 0.717) is 18.1 Å². The second kappa shape index (κ2) is 7.33. The summed E-state index contributed by atoms with van der Waals surface area (Å²) in [5.41, 5.74) is 1.10. The van der Waals surface area contributed by atoms with Crippen LogP contribution in [0.15, 0.2) is 12.4 Å². The minimum atomic E-state index is 0.300. The molecule has 0 saturated carbocycles. The van der Waals surface area contributed by atoms with Crippen LogP contribution in [0, 0.1) is 12.8 Å². The summed E-state index contributed by atoms with van der Waals surface area (Å²) in [6, 6.07) is 0.680. The molecular weight excluding hydrogens is 304 g/mol. The molecule has 3 aliphatic heterocycles. The van der Waals surface area contributed by atoms with E-state index >= 15 is 0 Å². The SMILES string of the molecule is Cc1cnc(N2CCC3CN(C4CCOCC4)CCOC3C2)nc1. The van der Waals surface area contributed by atoms with Crippen LogP contribution in [0.25, 0.3) is 0 Å². The molecule has 4 rings (SSSR count). The molecule has 2 atom stereocenters. The predicted molar refractivity (Wildman–Crippen MR) is 92.2 cm³/mol. The molecule has 2 unspecified atom stereocenters. The van der Waals surface area contributed by atoms with Crippen LogP contribution in [0.2, 0.25) is 0 Å². The third-order valence-electron chi connectivity index (χ3n) is 5.63. The molecular formula is C18H28N4O2. The van der Waals surface area contributed by atoms with E-state index < -0.39 is 0 Å². The fraction of sp³-hybridized carbons (Fsp3) is 0.778. The minimum Gasteiger partial charge on any atom is -0.381 e. The van der Waals surface area contributed by atoms with Crippen molar-refractivity contribution >= 4 is 5.95 Å². The lowest BCUT2D eigenvalue weighted by Gasteiger charge is -2.39. The zero-order chi connectivity index (χ0) is 16.4. The highest BCUT2D eigenvalue weighted by molar-refractivity contribution is 5.31. The number of aryl methyl sites for hydroxylation is 1. The Morgan fingerprint density at radius 3 is 2.58 bits per heavy atom. The number of rotatable bonds is 2. The molecule has 0 aliphatic carbocycles. The topological polar surface area (TPSA) is 50.7 Å². The number of hydrogen-bond donors (Lipinski definition) is 0. The molecule has 6 nitrogen and oxygen atoms in total. The molecule has 0 N–H and O–H groups in total. The summed E-state index contributed by atoms with van der Waals surface area (Å²) in [6.45, 7) is 8.83. The van der Waals surface area contributed by atoms with Gasteiger partial charge in [0.15, 0.2) is 0 Å². The number of piperidine rings is 1. The van der Waals surface area contributed by atoms with E-state index in [-0.39, 0.29) is 0 Å². The Kier molecular flexibility index (Phi) is 4.96. The molecule has 3 aliphatic rings. The van der Waals surface area contributed by atoms with Gasteiger partial charge in [0.05, 0.1) is 12.7 Å². The summed E-state index contributed by atoms with van der Waals surface area (Å²) in [4.78, 5) is 13.9. The molecule has 3 fully saturated rings. The van der Waals surface area contributed by atoms with Crippen molar-refractivity contribution in [1.29, 1.82) is 0 Å². The lowest BCUT2D eigenvalue weighted by Crippen LogP contribution is -2.49. The van der Waals surface area contributed by atoms with Gasteiger partial charge >= 0.3 is 0 Å². The van der Waals surface area contributed by atoms with Crippen molar-refractivity contribution in [3.8, 4) is 0 Å². The van der Waals surface area contributed by atoms with Crippen LogP contribution in [0.3, 0.4) is 0 Å². The van der Waals surface area contributed by atoms with Crippen molar-refractivity contribution in [1.82, 2.24) is 14.9 Å². The first kappa shape index (κ1) is 16.2. The van der Waals surface area contributed by atoms with Gasteiger partial charge in [-0.25, -0.2) is 9.97 Å². The van der Waals surface area contributed by atoms with E-state index in [1.807, 2.05) is 19.3 Å². The Bertz CT molecular complexity index is 532. The highest BCUT2D eigenvalue weighted by atomic mass is 16.5. The van der Waals surface area contributed by atoms with E-state index in [4.69, 9.17) is 9.47 Å². The van der Waals surface area contributed by atoms with E-state index in [1.165, 1.54) is 12.8 Å². The summed E-state index contributed by atoms with van der Waals surface area (Å²) in [7, 11) is 0. The third kappa shape index (κ3) is 3.55. The smallest absolute Gasteiger partial charge is 0.225 e. The quantitative estimate of drug-likeness (QED) is 0.818. The second-order valence-corrected chi connectivity index (χ2v) is 7.30. The monoisotopic (exact) mass is 332 g/mol. The number of ether oxygens (including phenoxy) is 2. The summed E-state index contributed by atoms with van der Waals surface area (Å²) in [6.07, 6.45) is 7.58. The predicted octanol–water partition coefficient (Wildman–Crippen LogP) is 1.49. The van der Waals surface area contributed by atoms with Gasteiger partial charge in [0.2, 0.25) is 5.95 Å². The fourth-order valence-corrected chi connectivity index (χ4v) is 4.19. The van der Waals surface area contributed by atoms with Crippen LogP contribution >= 0.6 is 0 Å². The normalized spacial score (nSPS) is 30.0. The molecule has 4 heterocycles. The van der Waals surface area contributed by atoms with E-state index in [9.17, 15) is 0 Å². The van der Waals surface area contributed by atoms with Crippen LogP contribution in [0.5, 0.6) is 0 Å². The molecule has 6 heteroatoms. The summed E-state index contributed by atoms with van der Waals surface area (Å²) in [5, 5.41) is 0. The number of hydrogen-bond acceptors (Lipinski definition) is 6. The molecule has 0 bridgehead atoms. The van der Waals surface area contributed by atoms with Crippen LogP contribution in [-0.4, -0.2) is 73.0 Å². The number of fused-ring (bicyclic) bond motifs is 1. The molecule has 0 amide bonds. The lowest BCUT2D eigenvalue weighted by atomic mass is 9.92. The minimum absolute atomic E-state index is 0.300. The van der Waals surface area contributed by atoms with Crippen molar-refractivity contribution in [2.75, 3.05) is 50.9 Å². The standard InChI is InChI=1S/C18H28N4O2/c1-14-10-19-18(20-11-14)22-5-2-15-12-21(6-9-24-17(15)13-22)16-3-7-23-8-4-16/h10-11,15-17H,2-9,12-13H2,1H3. The molecule has 1 aromatic heterocycles. The van der Waals surface area contributed by atoms with Crippen molar-refractivity contribution in [2.24, 2.45) is 5.92 Å². The third-order valence-corrected chi connectivity index (χ3v) is 5.63. The summed E-state index contributed by atoms with van der Waals surface area (Å²) in [5.74, 6) is 1.46. The zero-order valence-electron chi connectivity index (χ0n) is 14.6. The maximum Gasteiger partial charge on any atom is 0.225 e.